The molecule has 6 nitrogen and oxygen atoms in total. The van der Waals surface area contributed by atoms with Gasteiger partial charge < -0.3 is 11.1 Å². The number of rotatable bonds is 6. The zero-order valence-corrected chi connectivity index (χ0v) is 18.6. The molecule has 2 heterocycles. The van der Waals surface area contributed by atoms with Gasteiger partial charge in [0.2, 0.25) is 0 Å². The number of nitrogens with one attached hydrogen (secondary N) is 2. The van der Waals surface area contributed by atoms with Crippen LogP contribution in [0, 0.1) is 11.6 Å². The number of nitrogens with zero attached hydrogens (tertiary/aromatic N) is 2. The van der Waals surface area contributed by atoms with Gasteiger partial charge in [-0.15, -0.1) is 0 Å². The molecular formula is C26H25F2N5O. The zero-order valence-electron chi connectivity index (χ0n) is 18.6. The molecule has 174 valence electrons. The molecule has 5 rings (SSSR count). The molecule has 3 aromatic carbocycles. The topological polar surface area (TPSA) is 87.0 Å². The molecule has 0 saturated carbocycles. The number of hydrogen-bond acceptors (Lipinski definition) is 4. The van der Waals surface area contributed by atoms with Gasteiger partial charge in [0.15, 0.2) is 5.82 Å². The van der Waals surface area contributed by atoms with Gasteiger partial charge in [-0.05, 0) is 85.4 Å². The Kier molecular flexibility index (Phi) is 5.98. The minimum absolute atomic E-state index is 0.342. The van der Waals surface area contributed by atoms with E-state index in [9.17, 15) is 13.6 Å². The second-order valence-corrected chi connectivity index (χ2v) is 8.77. The molecule has 1 aromatic heterocycles. The maximum absolute atomic E-state index is 13.5. The molecule has 0 unspecified atom stereocenters. The Hall–Kier alpha value is -3.78. The molecule has 34 heavy (non-hydrogen) atoms. The number of hydrogen-bond donors (Lipinski definition) is 3. The summed E-state index contributed by atoms with van der Waals surface area (Å²) >= 11 is 0. The predicted octanol–water partition coefficient (Wildman–Crippen LogP) is 4.86. The Morgan fingerprint density at radius 1 is 0.971 bits per heavy atom. The predicted molar refractivity (Wildman–Crippen MR) is 129 cm³/mol. The largest absolute Gasteiger partial charge is 0.398 e. The number of amides is 1. The maximum Gasteiger partial charge on any atom is 0.258 e. The van der Waals surface area contributed by atoms with Crippen LogP contribution in [0.2, 0.25) is 0 Å². The van der Waals surface area contributed by atoms with Crippen molar-refractivity contribution in [2.45, 2.75) is 25.8 Å². The highest BCUT2D eigenvalue weighted by Crippen LogP contribution is 2.25. The number of carbonyl (C=O) groups excluding carboxylic acids is 1. The number of anilines is 2. The van der Waals surface area contributed by atoms with Gasteiger partial charge in [0.25, 0.3) is 5.91 Å². The van der Waals surface area contributed by atoms with Crippen LogP contribution in [-0.2, 0) is 13.0 Å². The molecule has 1 fully saturated rings. The van der Waals surface area contributed by atoms with Gasteiger partial charge in [0.05, 0.1) is 11.1 Å². The van der Waals surface area contributed by atoms with Crippen molar-refractivity contribution in [3.63, 3.8) is 0 Å². The lowest BCUT2D eigenvalue weighted by atomic mass is 10.0. The van der Waals surface area contributed by atoms with E-state index in [4.69, 9.17) is 5.73 Å². The third-order valence-corrected chi connectivity index (χ3v) is 6.16. The molecule has 4 aromatic rings. The fourth-order valence-corrected chi connectivity index (χ4v) is 4.51. The van der Waals surface area contributed by atoms with E-state index in [1.165, 1.54) is 25.0 Å². The Balaban J connectivity index is 1.34. The number of likely N-dealkylation sites (tertiary alicyclic amines) is 1. The van der Waals surface area contributed by atoms with Crippen LogP contribution in [0.1, 0.15) is 39.9 Å². The number of nitrogens with two attached hydrogens (primary N) is 1. The molecule has 0 aliphatic carbocycles. The van der Waals surface area contributed by atoms with Crippen LogP contribution in [0.4, 0.5) is 20.3 Å². The van der Waals surface area contributed by atoms with Crippen LogP contribution in [0.5, 0.6) is 0 Å². The van der Waals surface area contributed by atoms with Crippen LogP contribution in [-0.4, -0.2) is 34.1 Å². The summed E-state index contributed by atoms with van der Waals surface area (Å²) in [6, 6.07) is 14.5. The van der Waals surface area contributed by atoms with Crippen molar-refractivity contribution >= 4 is 28.3 Å². The van der Waals surface area contributed by atoms with Crippen molar-refractivity contribution in [3.05, 3.63) is 88.5 Å². The number of fused-ring (bicyclic) bond motifs is 1. The molecule has 0 atom stereocenters. The summed E-state index contributed by atoms with van der Waals surface area (Å²) in [4.78, 5) is 15.3. The van der Waals surface area contributed by atoms with E-state index < -0.39 is 11.6 Å². The first kappa shape index (κ1) is 22.0. The first-order valence-electron chi connectivity index (χ1n) is 11.3. The van der Waals surface area contributed by atoms with E-state index in [0.29, 0.717) is 34.4 Å². The Morgan fingerprint density at radius 3 is 2.44 bits per heavy atom. The number of aromatic nitrogens is 2. The van der Waals surface area contributed by atoms with Gasteiger partial charge in [-0.3, -0.25) is 14.8 Å². The van der Waals surface area contributed by atoms with Crippen LogP contribution >= 0.6 is 0 Å². The minimum atomic E-state index is -0.614. The first-order valence-corrected chi connectivity index (χ1v) is 11.3. The average Bonchev–Trinajstić information content (AvgIpc) is 3.43. The SMILES string of the molecule is Nc1cc(CN2CCCC2)ccc1C(=O)Nc1n[nH]c2ccc(Cc3cc(F)cc(F)c3)cc12. The summed E-state index contributed by atoms with van der Waals surface area (Å²) in [7, 11) is 0. The average molecular weight is 462 g/mol. The van der Waals surface area contributed by atoms with Crippen molar-refractivity contribution in [1.29, 1.82) is 0 Å². The second-order valence-electron chi connectivity index (χ2n) is 8.77. The number of halogens is 2. The van der Waals surface area contributed by atoms with Crippen molar-refractivity contribution in [1.82, 2.24) is 15.1 Å². The fourth-order valence-electron chi connectivity index (χ4n) is 4.51. The van der Waals surface area contributed by atoms with Gasteiger partial charge in [-0.1, -0.05) is 12.1 Å². The van der Waals surface area contributed by atoms with Gasteiger partial charge in [0.1, 0.15) is 11.6 Å². The highest BCUT2D eigenvalue weighted by atomic mass is 19.1. The molecule has 1 aliphatic heterocycles. The van der Waals surface area contributed by atoms with Gasteiger partial charge in [0, 0.05) is 23.7 Å². The summed E-state index contributed by atoms with van der Waals surface area (Å²) < 4.78 is 27.1. The van der Waals surface area contributed by atoms with Crippen molar-refractivity contribution in [2.75, 3.05) is 24.1 Å². The number of carbonyl (C=O) groups is 1. The smallest absolute Gasteiger partial charge is 0.258 e. The summed E-state index contributed by atoms with van der Waals surface area (Å²) in [6.07, 6.45) is 2.78. The van der Waals surface area contributed by atoms with E-state index in [1.807, 2.05) is 30.3 Å². The normalized spacial score (nSPS) is 14.1. The van der Waals surface area contributed by atoms with E-state index in [0.717, 1.165) is 42.3 Å². The highest BCUT2D eigenvalue weighted by Gasteiger charge is 2.16. The number of aromatic amines is 1. The summed E-state index contributed by atoms with van der Waals surface area (Å²) in [5.41, 5.74) is 10.2. The van der Waals surface area contributed by atoms with Crippen LogP contribution in [0.25, 0.3) is 10.9 Å². The Morgan fingerprint density at radius 2 is 1.71 bits per heavy atom. The minimum Gasteiger partial charge on any atom is -0.398 e. The highest BCUT2D eigenvalue weighted by molar-refractivity contribution is 6.10. The van der Waals surface area contributed by atoms with E-state index in [1.54, 1.807) is 6.07 Å². The zero-order chi connectivity index (χ0) is 23.7. The van der Waals surface area contributed by atoms with Crippen molar-refractivity contribution < 1.29 is 13.6 Å². The summed E-state index contributed by atoms with van der Waals surface area (Å²) in [5.74, 6) is -1.21. The molecular weight excluding hydrogens is 436 g/mol. The van der Waals surface area contributed by atoms with Crippen LogP contribution in [0.3, 0.4) is 0 Å². The molecule has 0 spiro atoms. The third-order valence-electron chi connectivity index (χ3n) is 6.16. The van der Waals surface area contributed by atoms with E-state index in [-0.39, 0.29) is 5.91 Å². The Labute approximate surface area is 195 Å². The van der Waals surface area contributed by atoms with Crippen LogP contribution in [0.15, 0.2) is 54.6 Å². The number of H-pyrrole nitrogens is 1. The van der Waals surface area contributed by atoms with Crippen molar-refractivity contribution in [2.24, 2.45) is 0 Å². The molecule has 1 amide bonds. The molecule has 4 N–H and O–H groups in total. The van der Waals surface area contributed by atoms with Gasteiger partial charge in [-0.25, -0.2) is 8.78 Å². The number of nitrogen functional groups attached to an aromatic ring is 1. The molecule has 8 heteroatoms. The quantitative estimate of drug-likeness (QED) is 0.358. The lowest BCUT2D eigenvalue weighted by Gasteiger charge is -2.15. The number of benzene rings is 3. The monoisotopic (exact) mass is 461 g/mol. The van der Waals surface area contributed by atoms with Crippen LogP contribution < -0.4 is 11.1 Å². The first-order chi connectivity index (χ1) is 16.4. The molecule has 1 saturated heterocycles. The summed E-state index contributed by atoms with van der Waals surface area (Å²) in [5, 5.41) is 10.7. The fraction of sp³-hybridized carbons (Fsp3) is 0.231. The lowest BCUT2D eigenvalue weighted by molar-refractivity contribution is 0.102. The maximum atomic E-state index is 13.5. The molecule has 0 radical (unpaired) electrons. The van der Waals surface area contributed by atoms with Crippen molar-refractivity contribution in [3.8, 4) is 0 Å². The standard InChI is InChI=1S/C26H25F2N5O/c27-19-10-18(11-20(28)14-19)9-16-4-6-24-22(12-16)25(32-31-24)30-26(34)21-5-3-17(13-23(21)29)15-33-7-1-2-8-33/h3-6,10-14H,1-2,7-9,15,29H2,(H2,30,31,32,34). The van der Waals surface area contributed by atoms with E-state index in [2.05, 4.69) is 20.4 Å². The van der Waals surface area contributed by atoms with Gasteiger partial charge >= 0.3 is 0 Å². The second kappa shape index (κ2) is 9.23. The third kappa shape index (κ3) is 4.77. The lowest BCUT2D eigenvalue weighted by Crippen LogP contribution is -2.19. The molecule has 0 bridgehead atoms. The van der Waals surface area contributed by atoms with Gasteiger partial charge in [-0.2, -0.15) is 5.10 Å². The molecule has 1 aliphatic rings. The van der Waals surface area contributed by atoms with E-state index >= 15 is 0 Å². The summed E-state index contributed by atoms with van der Waals surface area (Å²) in [6.45, 7) is 3.00. The Bertz CT molecular complexity index is 1340.